The van der Waals surface area contributed by atoms with E-state index < -0.39 is 0 Å². The largest absolute Gasteiger partial charge is 0.508 e. The SMILES string of the molecule is CC1(C)O[C@@]23CC[C@@H]1[C@H](N)[C@H]2C#C[C@@H]1C=C[C@H](c2ccc(O)cc21)[C@@H]1C[C@H]3CC2(CCCC2)C1. The van der Waals surface area contributed by atoms with Gasteiger partial charge in [-0.05, 0) is 99.3 Å². The van der Waals surface area contributed by atoms with Gasteiger partial charge in [-0.25, -0.2) is 0 Å². The number of nitrogens with two attached hydrogens (primary N) is 1. The lowest BCUT2D eigenvalue weighted by atomic mass is 9.50. The van der Waals surface area contributed by atoms with Gasteiger partial charge in [0.15, 0.2) is 0 Å². The van der Waals surface area contributed by atoms with Crippen LogP contribution in [0, 0.1) is 40.9 Å². The first-order chi connectivity index (χ1) is 16.3. The summed E-state index contributed by atoms with van der Waals surface area (Å²) < 4.78 is 7.24. The van der Waals surface area contributed by atoms with Crippen LogP contribution in [0.5, 0.6) is 5.75 Å². The van der Waals surface area contributed by atoms with E-state index >= 15 is 0 Å². The molecule has 2 spiro atoms. The molecule has 2 aliphatic heterocycles. The lowest BCUT2D eigenvalue weighted by Gasteiger charge is -2.65. The van der Waals surface area contributed by atoms with Crippen molar-refractivity contribution in [3.05, 3.63) is 41.5 Å². The molecule has 0 amide bonds. The van der Waals surface area contributed by atoms with E-state index in [1.54, 1.807) is 0 Å². The fraction of sp³-hybridized carbons (Fsp3) is 0.677. The summed E-state index contributed by atoms with van der Waals surface area (Å²) in [7, 11) is 0. The smallest absolute Gasteiger partial charge is 0.115 e. The molecule has 5 fully saturated rings. The van der Waals surface area contributed by atoms with Gasteiger partial charge in [-0.2, -0.15) is 0 Å². The first kappa shape index (κ1) is 21.5. The van der Waals surface area contributed by atoms with E-state index in [4.69, 9.17) is 10.5 Å². The Morgan fingerprint density at radius 2 is 1.85 bits per heavy atom. The fourth-order valence-electron chi connectivity index (χ4n) is 9.70. The number of rotatable bonds is 0. The first-order valence-corrected chi connectivity index (χ1v) is 13.8. The summed E-state index contributed by atoms with van der Waals surface area (Å²) in [4.78, 5) is 0. The molecule has 8 rings (SSSR count). The van der Waals surface area contributed by atoms with E-state index in [0.717, 1.165) is 6.42 Å². The van der Waals surface area contributed by atoms with Crippen molar-refractivity contribution in [1.29, 1.82) is 0 Å². The molecule has 0 unspecified atom stereocenters. The van der Waals surface area contributed by atoms with E-state index in [1.165, 1.54) is 62.5 Å². The van der Waals surface area contributed by atoms with E-state index in [1.807, 2.05) is 12.1 Å². The van der Waals surface area contributed by atoms with Crippen LogP contribution in [0.25, 0.3) is 0 Å². The van der Waals surface area contributed by atoms with Gasteiger partial charge in [0, 0.05) is 17.9 Å². The van der Waals surface area contributed by atoms with Crippen molar-refractivity contribution in [2.45, 2.75) is 101 Å². The Morgan fingerprint density at radius 1 is 1.03 bits per heavy atom. The number of phenolic OH excluding ortho intramolecular Hbond substituents is 1. The lowest BCUT2D eigenvalue weighted by molar-refractivity contribution is -0.289. The van der Waals surface area contributed by atoms with Crippen LogP contribution < -0.4 is 5.73 Å². The highest BCUT2D eigenvalue weighted by atomic mass is 16.5. The third-order valence-corrected chi connectivity index (χ3v) is 11.1. The van der Waals surface area contributed by atoms with Gasteiger partial charge in [-0.3, -0.25) is 0 Å². The van der Waals surface area contributed by atoms with E-state index in [-0.39, 0.29) is 29.1 Å². The number of hydrogen-bond acceptors (Lipinski definition) is 3. The summed E-state index contributed by atoms with van der Waals surface area (Å²) >= 11 is 0. The molecule has 0 aromatic heterocycles. The summed E-state index contributed by atoms with van der Waals surface area (Å²) in [5, 5.41) is 10.4. The molecule has 1 aromatic carbocycles. The van der Waals surface area contributed by atoms with Crippen molar-refractivity contribution in [3.63, 3.8) is 0 Å². The van der Waals surface area contributed by atoms with E-state index in [0.29, 0.717) is 34.8 Å². The number of fused-ring (bicyclic) bond motifs is 10. The van der Waals surface area contributed by atoms with Crippen LogP contribution in [0.4, 0.5) is 0 Å². The summed E-state index contributed by atoms with van der Waals surface area (Å²) in [5.74, 6) is 9.77. The molecule has 3 nitrogen and oxygen atoms in total. The molecular weight excluding hydrogens is 418 g/mol. The highest BCUT2D eigenvalue weighted by Gasteiger charge is 2.64. The Kier molecular flexibility index (Phi) is 4.52. The van der Waals surface area contributed by atoms with Crippen molar-refractivity contribution in [2.75, 3.05) is 0 Å². The Morgan fingerprint density at radius 3 is 2.65 bits per heavy atom. The van der Waals surface area contributed by atoms with Crippen LogP contribution in [-0.2, 0) is 4.74 Å². The van der Waals surface area contributed by atoms with Gasteiger partial charge in [0.05, 0.1) is 23.0 Å². The third-order valence-electron chi connectivity index (χ3n) is 11.1. The van der Waals surface area contributed by atoms with Gasteiger partial charge in [0.2, 0.25) is 0 Å². The van der Waals surface area contributed by atoms with E-state index in [2.05, 4.69) is 43.9 Å². The zero-order chi connectivity index (χ0) is 23.3. The van der Waals surface area contributed by atoms with Gasteiger partial charge in [0.25, 0.3) is 0 Å². The minimum atomic E-state index is -0.225. The van der Waals surface area contributed by atoms with Crippen molar-refractivity contribution in [1.82, 2.24) is 0 Å². The monoisotopic (exact) mass is 457 g/mol. The van der Waals surface area contributed by atoms with Crippen molar-refractivity contribution in [2.24, 2.45) is 34.8 Å². The molecule has 5 aliphatic carbocycles. The van der Waals surface area contributed by atoms with Gasteiger partial charge in [-0.1, -0.05) is 42.9 Å². The van der Waals surface area contributed by atoms with Gasteiger partial charge in [-0.15, -0.1) is 0 Å². The minimum Gasteiger partial charge on any atom is -0.508 e. The first-order valence-electron chi connectivity index (χ1n) is 13.8. The van der Waals surface area contributed by atoms with Crippen LogP contribution in [-0.4, -0.2) is 22.4 Å². The molecule has 180 valence electrons. The second kappa shape index (κ2) is 7.14. The average Bonchev–Trinajstić information content (AvgIpc) is 3.23. The second-order valence-electron chi connectivity index (χ2n) is 13.2. The summed E-state index contributed by atoms with van der Waals surface area (Å²) in [6.07, 6.45) is 16.3. The Hall–Kier alpha value is -1.76. The number of aromatic hydroxyl groups is 1. The number of hydrogen-bond donors (Lipinski definition) is 2. The Bertz CT molecular complexity index is 1100. The molecule has 7 aliphatic rings. The number of benzene rings is 1. The summed E-state index contributed by atoms with van der Waals surface area (Å²) in [6.45, 7) is 4.56. The fourth-order valence-corrected chi connectivity index (χ4v) is 9.70. The number of ether oxygens (including phenoxy) is 1. The molecule has 3 saturated carbocycles. The molecule has 2 heterocycles. The third kappa shape index (κ3) is 2.91. The molecule has 0 radical (unpaired) electrons. The topological polar surface area (TPSA) is 55.5 Å². The standard InChI is InChI=1S/C31H39NO2/c1-29(2)26-11-14-31(34-29)21-15-20(17-30(18-21)12-3-4-13-30)23-8-5-19(6-10-27(31)28(26)32)25-16-22(33)7-9-24(23)25/h5,7-9,16,19-21,23,26-28,33H,3-4,11-15,17-18,32H2,1-2H3/t19-,20+,21-,23-,26+,27+,28-,31+/m0/s1. The van der Waals surface area contributed by atoms with Gasteiger partial charge in [0.1, 0.15) is 5.75 Å². The van der Waals surface area contributed by atoms with Crippen LogP contribution in [0.3, 0.4) is 0 Å². The molecular formula is C31H39NO2. The normalized spacial score (nSPS) is 44.6. The zero-order valence-corrected chi connectivity index (χ0v) is 20.7. The molecule has 2 saturated heterocycles. The van der Waals surface area contributed by atoms with Crippen LogP contribution >= 0.6 is 0 Å². The maximum Gasteiger partial charge on any atom is 0.115 e. The minimum absolute atomic E-state index is 0.0226. The number of allylic oxidation sites excluding steroid dienone is 2. The van der Waals surface area contributed by atoms with E-state index in [9.17, 15) is 5.11 Å². The maximum atomic E-state index is 10.4. The van der Waals surface area contributed by atoms with Gasteiger partial charge >= 0.3 is 0 Å². The molecule has 34 heavy (non-hydrogen) atoms. The molecule has 8 atom stereocenters. The highest BCUT2D eigenvalue weighted by molar-refractivity contribution is 5.50. The summed E-state index contributed by atoms with van der Waals surface area (Å²) in [5.41, 5.74) is 9.71. The molecule has 3 N–H and O–H groups in total. The highest BCUT2D eigenvalue weighted by Crippen LogP contribution is 2.64. The Balaban J connectivity index is 1.43. The zero-order valence-electron chi connectivity index (χ0n) is 20.7. The van der Waals surface area contributed by atoms with Gasteiger partial charge < -0.3 is 15.6 Å². The number of phenols is 1. The molecule has 6 bridgehead atoms. The predicted molar refractivity (Wildman–Crippen MR) is 134 cm³/mol. The van der Waals surface area contributed by atoms with Crippen molar-refractivity contribution in [3.8, 4) is 17.6 Å². The Labute approximate surface area is 204 Å². The van der Waals surface area contributed by atoms with Crippen LogP contribution in [0.15, 0.2) is 30.4 Å². The van der Waals surface area contributed by atoms with Crippen LogP contribution in [0.1, 0.15) is 94.6 Å². The summed E-state index contributed by atoms with van der Waals surface area (Å²) in [6, 6.07) is 6.09. The average molecular weight is 458 g/mol. The van der Waals surface area contributed by atoms with Crippen LogP contribution in [0.2, 0.25) is 0 Å². The lowest BCUT2D eigenvalue weighted by Crippen LogP contribution is -2.71. The second-order valence-corrected chi connectivity index (χ2v) is 13.2. The van der Waals surface area contributed by atoms with Crippen molar-refractivity contribution < 1.29 is 9.84 Å². The maximum absolute atomic E-state index is 10.4. The van der Waals surface area contributed by atoms with Crippen molar-refractivity contribution >= 4 is 0 Å². The predicted octanol–water partition coefficient (Wildman–Crippen LogP) is 6.02. The quantitative estimate of drug-likeness (QED) is 0.370. The molecule has 3 heteroatoms. The molecule has 1 aromatic rings.